The maximum absolute atomic E-state index is 7.82. The molecule has 1 aliphatic heterocycles. The number of nitrogens with zero attached hydrogens (tertiary/aromatic N) is 1. The Morgan fingerprint density at radius 1 is 1.41 bits per heavy atom. The van der Waals surface area contributed by atoms with Crippen LogP contribution in [-0.4, -0.2) is 36.6 Å². The number of hydrogen-bond donors (Lipinski definition) is 1. The van der Waals surface area contributed by atoms with Crippen LogP contribution in [0.5, 0.6) is 5.75 Å². The molecular formula is C19H28N2O. The maximum Gasteiger partial charge on any atom is 0.119 e. The number of aromatic amines is 1. The molecular weight excluding hydrogens is 272 g/mol. The summed E-state index contributed by atoms with van der Waals surface area (Å²) in [6.45, 7) is 5.20. The molecule has 120 valence electrons. The van der Waals surface area contributed by atoms with Gasteiger partial charge in [0.2, 0.25) is 0 Å². The van der Waals surface area contributed by atoms with Crippen LogP contribution in [0.1, 0.15) is 49.0 Å². The summed E-state index contributed by atoms with van der Waals surface area (Å²) in [7, 11) is 1.67. The fourth-order valence-corrected chi connectivity index (χ4v) is 3.49. The van der Waals surface area contributed by atoms with E-state index >= 15 is 0 Å². The minimum absolute atomic E-state index is 0.0367. The number of H-pyrrole nitrogens is 1. The predicted molar refractivity (Wildman–Crippen MR) is 92.9 cm³/mol. The van der Waals surface area contributed by atoms with Gasteiger partial charge in [0.05, 0.1) is 7.11 Å². The summed E-state index contributed by atoms with van der Waals surface area (Å²) in [6.07, 6.45) is 2.62. The standard InChI is InChI=1S/C19H28N2O/c1-19(2,3)18-16(11-13-7-6-10-21(13)4)15-12-14(22-5)8-9-17(15)20-18/h8-9,12-13,20H,6-7,10-11H2,1-5H3/t13-/m1/s1/i4D3. The lowest BCUT2D eigenvalue weighted by Crippen LogP contribution is -2.28. The van der Waals surface area contributed by atoms with Gasteiger partial charge in [-0.05, 0) is 56.5 Å². The molecule has 3 rings (SSSR count). The third-order valence-corrected chi connectivity index (χ3v) is 4.68. The number of likely N-dealkylation sites (N-methyl/N-ethyl adjacent to an activating group) is 1. The van der Waals surface area contributed by atoms with Crippen LogP contribution >= 0.6 is 0 Å². The van der Waals surface area contributed by atoms with E-state index in [9.17, 15) is 0 Å². The highest BCUT2D eigenvalue weighted by Gasteiger charge is 2.27. The second-order valence-electron chi connectivity index (χ2n) is 7.33. The van der Waals surface area contributed by atoms with Crippen LogP contribution in [0.3, 0.4) is 0 Å². The maximum atomic E-state index is 7.82. The first-order chi connectivity index (χ1) is 11.6. The zero-order valence-electron chi connectivity index (χ0n) is 17.0. The second kappa shape index (κ2) is 5.62. The van der Waals surface area contributed by atoms with Crippen LogP contribution in [0.4, 0.5) is 0 Å². The molecule has 0 spiro atoms. The molecule has 1 N–H and O–H groups in total. The van der Waals surface area contributed by atoms with Crippen molar-refractivity contribution in [3.63, 3.8) is 0 Å². The number of methoxy groups -OCH3 is 1. The van der Waals surface area contributed by atoms with Crippen LogP contribution in [0.2, 0.25) is 0 Å². The molecule has 2 aromatic rings. The van der Waals surface area contributed by atoms with E-state index in [1.165, 1.54) is 11.3 Å². The van der Waals surface area contributed by atoms with Crippen LogP contribution < -0.4 is 4.74 Å². The van der Waals surface area contributed by atoms with Crippen molar-refractivity contribution in [3.05, 3.63) is 29.5 Å². The first kappa shape index (κ1) is 12.0. The van der Waals surface area contributed by atoms with E-state index in [4.69, 9.17) is 8.85 Å². The molecule has 1 atom stereocenters. The van der Waals surface area contributed by atoms with Gasteiger partial charge in [0, 0.05) is 32.2 Å². The summed E-state index contributed by atoms with van der Waals surface area (Å²) in [4.78, 5) is 5.26. The predicted octanol–water partition coefficient (Wildman–Crippen LogP) is 4.11. The molecule has 1 aromatic carbocycles. The first-order valence-electron chi connectivity index (χ1n) is 9.57. The van der Waals surface area contributed by atoms with E-state index in [-0.39, 0.29) is 11.5 Å². The van der Waals surface area contributed by atoms with Gasteiger partial charge in [0.15, 0.2) is 0 Å². The molecule has 0 saturated carbocycles. The third kappa shape index (κ3) is 2.74. The molecule has 1 aliphatic rings. The zero-order valence-corrected chi connectivity index (χ0v) is 14.0. The molecule has 0 amide bonds. The van der Waals surface area contributed by atoms with Crippen molar-refractivity contribution in [2.75, 3.05) is 20.6 Å². The lowest BCUT2D eigenvalue weighted by molar-refractivity contribution is 0.308. The van der Waals surface area contributed by atoms with Gasteiger partial charge >= 0.3 is 0 Å². The Balaban J connectivity index is 2.07. The molecule has 0 radical (unpaired) electrons. The Kier molecular flexibility index (Phi) is 3.07. The number of rotatable bonds is 3. The van der Waals surface area contributed by atoms with E-state index in [1.807, 2.05) is 12.1 Å². The van der Waals surface area contributed by atoms with Gasteiger partial charge in [0.1, 0.15) is 5.75 Å². The Bertz CT molecular complexity index is 758. The van der Waals surface area contributed by atoms with Gasteiger partial charge in [-0.25, -0.2) is 0 Å². The van der Waals surface area contributed by atoms with E-state index in [0.29, 0.717) is 6.54 Å². The van der Waals surface area contributed by atoms with E-state index < -0.39 is 6.98 Å². The van der Waals surface area contributed by atoms with Gasteiger partial charge in [-0.15, -0.1) is 0 Å². The van der Waals surface area contributed by atoms with Crippen LogP contribution in [0.15, 0.2) is 18.2 Å². The molecule has 22 heavy (non-hydrogen) atoms. The van der Waals surface area contributed by atoms with Gasteiger partial charge < -0.3 is 14.6 Å². The number of ether oxygens (including phenoxy) is 1. The van der Waals surface area contributed by atoms with Gasteiger partial charge in [-0.3, -0.25) is 0 Å². The molecule has 1 fully saturated rings. The minimum Gasteiger partial charge on any atom is -0.497 e. The molecule has 3 heteroatoms. The highest BCUT2D eigenvalue weighted by atomic mass is 16.5. The molecule has 0 bridgehead atoms. The van der Waals surface area contributed by atoms with Crippen molar-refractivity contribution in [2.24, 2.45) is 0 Å². The summed E-state index contributed by atoms with van der Waals surface area (Å²) in [5.41, 5.74) is 3.46. The summed E-state index contributed by atoms with van der Waals surface area (Å²) >= 11 is 0. The van der Waals surface area contributed by atoms with Crippen molar-refractivity contribution < 1.29 is 8.85 Å². The van der Waals surface area contributed by atoms with Gasteiger partial charge in [-0.2, -0.15) is 0 Å². The fraction of sp³-hybridized carbons (Fsp3) is 0.579. The Morgan fingerprint density at radius 2 is 2.23 bits per heavy atom. The number of fused-ring (bicyclic) bond motifs is 1. The molecule has 0 unspecified atom stereocenters. The van der Waals surface area contributed by atoms with E-state index in [2.05, 4.69) is 31.8 Å². The normalized spacial score (nSPS) is 22.5. The topological polar surface area (TPSA) is 28.3 Å². The minimum atomic E-state index is -2.02. The molecule has 1 saturated heterocycles. The zero-order chi connectivity index (χ0) is 18.4. The number of hydrogen-bond acceptors (Lipinski definition) is 2. The lowest BCUT2D eigenvalue weighted by atomic mass is 9.86. The summed E-state index contributed by atoms with van der Waals surface area (Å²) < 4.78 is 28.9. The first-order valence-corrected chi connectivity index (χ1v) is 8.07. The summed E-state index contributed by atoms with van der Waals surface area (Å²) in [6, 6.07) is 6.12. The van der Waals surface area contributed by atoms with Crippen molar-refractivity contribution in [2.45, 2.75) is 51.5 Å². The van der Waals surface area contributed by atoms with Gasteiger partial charge in [0.25, 0.3) is 0 Å². The van der Waals surface area contributed by atoms with Crippen LogP contribution in [-0.2, 0) is 11.8 Å². The SMILES string of the molecule is [2H]C([2H])([2H])N1CCC[C@@H]1Cc1c(C(C)(C)C)[nH]c2ccc(OC)cc12. The Hall–Kier alpha value is -1.48. The lowest BCUT2D eigenvalue weighted by Gasteiger charge is -2.24. The second-order valence-corrected chi connectivity index (χ2v) is 7.33. The number of nitrogens with one attached hydrogen (secondary N) is 1. The van der Waals surface area contributed by atoms with E-state index in [1.54, 1.807) is 12.0 Å². The monoisotopic (exact) mass is 303 g/mol. The van der Waals surface area contributed by atoms with Crippen LogP contribution in [0.25, 0.3) is 10.9 Å². The fourth-order valence-electron chi connectivity index (χ4n) is 3.49. The van der Waals surface area contributed by atoms with E-state index in [0.717, 1.165) is 35.9 Å². The molecule has 0 aliphatic carbocycles. The number of benzene rings is 1. The largest absolute Gasteiger partial charge is 0.497 e. The average molecular weight is 303 g/mol. The van der Waals surface area contributed by atoms with Crippen molar-refractivity contribution in [1.29, 1.82) is 0 Å². The summed E-state index contributed by atoms with van der Waals surface area (Å²) in [5, 5.41) is 1.14. The molecule has 2 heterocycles. The third-order valence-electron chi connectivity index (χ3n) is 4.68. The smallest absolute Gasteiger partial charge is 0.119 e. The van der Waals surface area contributed by atoms with Crippen LogP contribution in [0, 0.1) is 0 Å². The highest BCUT2D eigenvalue weighted by Crippen LogP contribution is 2.35. The quantitative estimate of drug-likeness (QED) is 0.924. The number of likely N-dealkylation sites (tertiary alicyclic amines) is 1. The Labute approximate surface area is 137 Å². The number of aromatic nitrogens is 1. The average Bonchev–Trinajstić information content (AvgIpc) is 3.11. The highest BCUT2D eigenvalue weighted by molar-refractivity contribution is 5.86. The van der Waals surface area contributed by atoms with Crippen molar-refractivity contribution in [1.82, 2.24) is 9.88 Å². The van der Waals surface area contributed by atoms with Crippen molar-refractivity contribution >= 4 is 10.9 Å². The van der Waals surface area contributed by atoms with Crippen molar-refractivity contribution in [3.8, 4) is 5.75 Å². The molecule has 1 aromatic heterocycles. The molecule has 3 nitrogen and oxygen atoms in total. The van der Waals surface area contributed by atoms with Gasteiger partial charge in [-0.1, -0.05) is 20.8 Å². The Morgan fingerprint density at radius 3 is 2.91 bits per heavy atom. The summed E-state index contributed by atoms with van der Waals surface area (Å²) in [5.74, 6) is 0.826.